The van der Waals surface area contributed by atoms with E-state index in [0.717, 1.165) is 122 Å². The van der Waals surface area contributed by atoms with Crippen molar-refractivity contribution in [2.75, 3.05) is 78.9 Å². The highest BCUT2D eigenvalue weighted by Crippen LogP contribution is 2.37. The van der Waals surface area contributed by atoms with E-state index in [1.807, 2.05) is 39.5 Å². The predicted molar refractivity (Wildman–Crippen MR) is 430 cm³/mol. The normalized spacial score (nSPS) is 16.9. The molecular formula is C76H96N16O10S6. The number of hydrogen-bond acceptors (Lipinski definition) is 25. The van der Waals surface area contributed by atoms with Gasteiger partial charge in [0.05, 0.1) is 67.1 Å². The van der Waals surface area contributed by atoms with Gasteiger partial charge in [0.2, 0.25) is 35.4 Å². The number of urea groups is 1. The molecule has 6 N–H and O–H groups in total. The van der Waals surface area contributed by atoms with Crippen LogP contribution < -0.4 is 36.6 Å². The van der Waals surface area contributed by atoms with Crippen LogP contribution in [0.5, 0.6) is 5.75 Å². The molecule has 4 fully saturated rings. The molecular weight excluding hydrogens is 1490 g/mol. The first-order valence-corrected chi connectivity index (χ1v) is 41.4. The molecule has 1 unspecified atom stereocenters. The molecule has 0 radical (unpaired) electrons. The first-order valence-electron chi connectivity index (χ1n) is 36.0. The Balaban J connectivity index is 0.000000173. The lowest BCUT2D eigenvalue weighted by Gasteiger charge is -2.39. The summed E-state index contributed by atoms with van der Waals surface area (Å²) >= 11 is 9.76. The van der Waals surface area contributed by atoms with Gasteiger partial charge in [-0.15, -0.1) is 35.3 Å². The number of hydrogen-bond donors (Lipinski definition) is 6. The molecule has 108 heavy (non-hydrogen) atoms. The minimum absolute atomic E-state index is 0.0137. The molecule has 10 heterocycles. The largest absolute Gasteiger partial charge is 0.445 e. The Hall–Kier alpha value is -8.95. The Kier molecular flexibility index (Phi) is 29.4. The van der Waals surface area contributed by atoms with Crippen molar-refractivity contribution in [2.45, 2.75) is 178 Å². The third kappa shape index (κ3) is 24.8. The van der Waals surface area contributed by atoms with Crippen LogP contribution in [0.3, 0.4) is 0 Å². The van der Waals surface area contributed by atoms with E-state index in [4.69, 9.17) is 18.0 Å². The Labute approximate surface area is 655 Å². The van der Waals surface area contributed by atoms with E-state index in [-0.39, 0.29) is 64.7 Å². The van der Waals surface area contributed by atoms with E-state index >= 15 is 0 Å². The summed E-state index contributed by atoms with van der Waals surface area (Å²) in [4.78, 5) is 107. The van der Waals surface area contributed by atoms with Crippen LogP contribution >= 0.6 is 69.3 Å². The lowest BCUT2D eigenvalue weighted by Crippen LogP contribution is -2.54. The number of thioether (sulfide) groups is 3. The average Bonchev–Trinajstić information content (AvgIpc) is 1.21. The number of likely N-dealkylation sites (tertiary alicyclic amines) is 4. The molecule has 4 saturated heterocycles. The van der Waals surface area contributed by atoms with Crippen LogP contribution in [0.1, 0.15) is 158 Å². The Morgan fingerprint density at radius 3 is 1.36 bits per heavy atom. The van der Waals surface area contributed by atoms with E-state index in [0.29, 0.717) is 91.0 Å². The molecule has 6 aromatic heterocycles. The van der Waals surface area contributed by atoms with Crippen molar-refractivity contribution in [1.82, 2.24) is 54.8 Å². The van der Waals surface area contributed by atoms with Crippen molar-refractivity contribution in [1.29, 1.82) is 0 Å². The zero-order valence-corrected chi connectivity index (χ0v) is 67.2. The first-order chi connectivity index (χ1) is 51.8. The fourth-order valence-corrected chi connectivity index (χ4v) is 17.1. The highest BCUT2D eigenvalue weighted by Gasteiger charge is 2.32. The van der Waals surface area contributed by atoms with E-state index in [1.165, 1.54) is 18.2 Å². The van der Waals surface area contributed by atoms with Crippen molar-refractivity contribution >= 4 is 132 Å². The van der Waals surface area contributed by atoms with E-state index in [9.17, 15) is 28.8 Å². The van der Waals surface area contributed by atoms with Gasteiger partial charge in [-0.1, -0.05) is 109 Å². The van der Waals surface area contributed by atoms with E-state index in [1.54, 1.807) is 135 Å². The standard InChI is InChI=1S/C26H31N5O4S2.C25H36N6O3S2.C25H29N5O3S2/c1-5-21(32)29-17-8-10-19(11-9-17)34-25(33)31-12-6-7-18(15-31)30-24-28-14-23(37-24)36-16-22-27-13-20(35-22)26(2,3)4;1-5-20(32)28-17-8-11-30(12-9-17)24(33)31-10-6-7-18(15-31)29-23-27-14-22(36-23)35-16-21-26-13-19(34-21)25(2,3)4;1-4-21(31)28-18-9-7-17(8-10-18)24(32)30-11-5-6-19(14-30)29-25-27-13-23(35-25)34-15-22-26-12-20(33-22)16(2)3/h5,8-11,13-14,18H,1,6-7,12,15-16H2,2-4H3,(H,28,30)(H,29,32);5,13-14,17-18H,1,6-12,15-16H2,2-4H3,(H,27,29)(H,28,32);4,7-10,12-13,16,19H,1,5-6,11,14-15H2,2-3H3,(H,27,29)(H,28,31)/t2*18-;/m11./s1. The van der Waals surface area contributed by atoms with Gasteiger partial charge in [0.15, 0.2) is 15.4 Å². The van der Waals surface area contributed by atoms with Crippen molar-refractivity contribution in [3.8, 4) is 5.75 Å². The SMILES string of the molecule is C=CC(=O)NC1CCN(C(=O)N2CCC[C@@H](Nc3ncc(SCc4ncc(C(C)(C)C)o4)s3)C2)CC1.C=CC(=O)Nc1ccc(C(=O)N2CCCC(Nc3ncc(SCc4ncc(C(C)C)o4)s3)C2)cc1.C=CC(=O)Nc1ccc(OC(=O)N2CCC[C@@H](Nc3ncc(SCc4ncc(C(C)(C)C)o4)s3)C2)cc1. The number of thiazole rings is 3. The predicted octanol–water partition coefficient (Wildman–Crippen LogP) is 15.8. The van der Waals surface area contributed by atoms with Crippen LogP contribution in [0, 0.1) is 0 Å². The summed E-state index contributed by atoms with van der Waals surface area (Å²) in [6.07, 6.45) is 21.5. The first kappa shape index (κ1) is 81.6. The van der Waals surface area contributed by atoms with Gasteiger partial charge >= 0.3 is 12.1 Å². The summed E-state index contributed by atoms with van der Waals surface area (Å²) in [5.74, 6) is 6.79. The summed E-state index contributed by atoms with van der Waals surface area (Å²) in [6, 6.07) is 14.2. The second-order valence-electron chi connectivity index (χ2n) is 28.6. The molecule has 0 aliphatic carbocycles. The average molecular weight is 1590 g/mol. The quantitative estimate of drug-likeness (QED) is 0.0242. The number of rotatable bonds is 24. The van der Waals surface area contributed by atoms with Crippen LogP contribution in [0.4, 0.5) is 36.4 Å². The molecule has 0 saturated carbocycles. The summed E-state index contributed by atoms with van der Waals surface area (Å²) in [7, 11) is 0. The number of aromatic nitrogens is 6. The van der Waals surface area contributed by atoms with E-state index in [2.05, 4.69) is 137 Å². The Morgan fingerprint density at radius 1 is 0.509 bits per heavy atom. The van der Waals surface area contributed by atoms with Gasteiger partial charge in [-0.05, 0) is 118 Å². The van der Waals surface area contributed by atoms with Crippen LogP contribution in [-0.4, -0.2) is 162 Å². The smallest absolute Gasteiger partial charge is 0.415 e. The molecule has 4 aliphatic rings. The van der Waals surface area contributed by atoms with Crippen LogP contribution in [-0.2, 0) is 42.5 Å². The van der Waals surface area contributed by atoms with Crippen molar-refractivity contribution in [2.24, 2.45) is 0 Å². The molecule has 3 atom stereocenters. The monoisotopic (exact) mass is 1580 g/mol. The molecule has 576 valence electrons. The summed E-state index contributed by atoms with van der Waals surface area (Å²) in [6.45, 7) is 32.4. The number of carbonyl (C=O) groups excluding carboxylic acids is 6. The topological polar surface area (TPSA) is 314 Å². The molecule has 12 rings (SSSR count). The minimum atomic E-state index is -0.398. The van der Waals surface area contributed by atoms with Gasteiger partial charge in [-0.2, -0.15) is 0 Å². The number of oxazole rings is 3. The van der Waals surface area contributed by atoms with Crippen LogP contribution in [0.25, 0.3) is 0 Å². The van der Waals surface area contributed by atoms with Gasteiger partial charge in [0.1, 0.15) is 23.0 Å². The van der Waals surface area contributed by atoms with Crippen molar-refractivity contribution < 1.29 is 46.8 Å². The molecule has 32 heteroatoms. The molecule has 8 aromatic rings. The maximum absolute atomic E-state index is 13.1. The van der Waals surface area contributed by atoms with Crippen molar-refractivity contribution in [3.63, 3.8) is 0 Å². The zero-order valence-electron chi connectivity index (χ0n) is 62.3. The second kappa shape index (κ2) is 38.9. The number of nitrogens with zero attached hydrogens (tertiary/aromatic N) is 10. The fourth-order valence-electron chi connectivity index (χ4n) is 11.7. The number of benzene rings is 2. The number of carbonyl (C=O) groups is 6. The number of piperidine rings is 4. The lowest BCUT2D eigenvalue weighted by molar-refractivity contribution is -0.117. The third-order valence-electron chi connectivity index (χ3n) is 17.7. The van der Waals surface area contributed by atoms with Gasteiger partial charge in [0.25, 0.3) is 5.91 Å². The molecule has 0 spiro atoms. The summed E-state index contributed by atoms with van der Waals surface area (Å²) < 4.78 is 26.3. The number of ether oxygens (including phenoxy) is 1. The van der Waals surface area contributed by atoms with Gasteiger partial charge in [-0.25, -0.2) is 39.5 Å². The van der Waals surface area contributed by atoms with E-state index < -0.39 is 6.09 Å². The van der Waals surface area contributed by atoms with Gasteiger partial charge in [0, 0.05) is 110 Å². The van der Waals surface area contributed by atoms with Crippen molar-refractivity contribution in [3.05, 3.63) is 164 Å². The lowest BCUT2D eigenvalue weighted by atomic mass is 9.94. The van der Waals surface area contributed by atoms with Crippen LogP contribution in [0.15, 0.2) is 150 Å². The summed E-state index contributed by atoms with van der Waals surface area (Å²) in [5.41, 5.74) is 1.72. The number of nitrogens with one attached hydrogen (secondary N) is 6. The molecule has 4 aliphatic heterocycles. The number of amides is 7. The van der Waals surface area contributed by atoms with Crippen LogP contribution in [0.2, 0.25) is 0 Å². The molecule has 26 nitrogen and oxygen atoms in total. The van der Waals surface area contributed by atoms with Gasteiger partial charge in [-0.3, -0.25) is 19.2 Å². The maximum atomic E-state index is 13.1. The second-order valence-corrected chi connectivity index (χ2v) is 35.5. The molecule has 0 bridgehead atoms. The highest BCUT2D eigenvalue weighted by molar-refractivity contribution is 8.01. The van der Waals surface area contributed by atoms with Gasteiger partial charge < -0.3 is 69.5 Å². The Morgan fingerprint density at radius 2 is 0.926 bits per heavy atom. The zero-order chi connectivity index (χ0) is 76.9. The summed E-state index contributed by atoms with van der Waals surface area (Å²) in [5, 5.41) is 21.3. The fraction of sp³-hybridized carbons (Fsp3) is 0.447. The number of anilines is 5. The molecule has 2 aromatic carbocycles. The minimum Gasteiger partial charge on any atom is -0.445 e. The Bertz CT molecular complexity index is 4320. The third-order valence-corrected chi connectivity index (χ3v) is 24.0. The molecule has 7 amide bonds. The maximum Gasteiger partial charge on any atom is 0.415 e. The highest BCUT2D eigenvalue weighted by atomic mass is 32.2.